The normalized spacial score (nSPS) is 19.0. The molecule has 1 aliphatic heterocycles. The number of rotatable bonds is 5. The van der Waals surface area contributed by atoms with E-state index in [1.54, 1.807) is 11.0 Å². The van der Waals surface area contributed by atoms with Gasteiger partial charge in [-0.15, -0.1) is 11.8 Å². The van der Waals surface area contributed by atoms with Crippen LogP contribution in [-0.2, 0) is 0 Å². The zero-order valence-corrected chi connectivity index (χ0v) is 15.0. The number of nitro benzene ring substituents is 1. The minimum atomic E-state index is -0.535. The van der Waals surface area contributed by atoms with Crippen molar-refractivity contribution in [2.24, 2.45) is 11.7 Å². The van der Waals surface area contributed by atoms with Gasteiger partial charge >= 0.3 is 0 Å². The zero-order valence-electron chi connectivity index (χ0n) is 14.2. The lowest BCUT2D eigenvalue weighted by molar-refractivity contribution is -0.385. The van der Waals surface area contributed by atoms with Gasteiger partial charge in [0.15, 0.2) is 0 Å². The van der Waals surface area contributed by atoms with Crippen molar-refractivity contribution < 1.29 is 14.5 Å². The van der Waals surface area contributed by atoms with Crippen LogP contribution in [0.15, 0.2) is 17.0 Å². The highest BCUT2D eigenvalue weighted by atomic mass is 32.2. The van der Waals surface area contributed by atoms with Crippen LogP contribution in [0, 0.1) is 16.0 Å². The number of amides is 1. The standard InChI is InChI=1S/C16H23N3O4S/c1-10(17)11-5-4-6-18(9-11)16(20)12-7-15(24-3)14(23-2)8-13(12)19(21)22/h7-8,10-11H,4-6,9,17H2,1-3H3. The maximum absolute atomic E-state index is 12.9. The van der Waals surface area contributed by atoms with Crippen molar-refractivity contribution in [2.75, 3.05) is 26.5 Å². The first kappa shape index (κ1) is 18.5. The highest BCUT2D eigenvalue weighted by molar-refractivity contribution is 7.98. The number of ether oxygens (including phenoxy) is 1. The largest absolute Gasteiger partial charge is 0.495 e. The molecule has 2 atom stereocenters. The highest BCUT2D eigenvalue weighted by Crippen LogP contribution is 2.35. The Morgan fingerprint density at radius 1 is 1.54 bits per heavy atom. The third-order valence-electron chi connectivity index (χ3n) is 4.42. The second-order valence-corrected chi connectivity index (χ2v) is 6.84. The summed E-state index contributed by atoms with van der Waals surface area (Å²) in [6.45, 7) is 3.06. The van der Waals surface area contributed by atoms with E-state index in [9.17, 15) is 14.9 Å². The molecule has 2 unspecified atom stereocenters. The molecule has 7 nitrogen and oxygen atoms in total. The van der Waals surface area contributed by atoms with Gasteiger partial charge in [0.05, 0.1) is 23.0 Å². The number of likely N-dealkylation sites (tertiary alicyclic amines) is 1. The number of carbonyl (C=O) groups is 1. The Bertz CT molecular complexity index is 636. The van der Waals surface area contributed by atoms with Crippen LogP contribution in [0.3, 0.4) is 0 Å². The Kier molecular flexibility index (Phi) is 6.06. The third kappa shape index (κ3) is 3.81. The molecular formula is C16H23N3O4S. The van der Waals surface area contributed by atoms with Crippen molar-refractivity contribution in [3.63, 3.8) is 0 Å². The smallest absolute Gasteiger partial charge is 0.285 e. The molecule has 1 fully saturated rings. The first-order valence-corrected chi connectivity index (χ1v) is 9.06. The predicted molar refractivity (Wildman–Crippen MR) is 93.7 cm³/mol. The van der Waals surface area contributed by atoms with Gasteiger partial charge in [0.1, 0.15) is 11.3 Å². The quantitative estimate of drug-likeness (QED) is 0.496. The van der Waals surface area contributed by atoms with E-state index in [4.69, 9.17) is 10.5 Å². The molecule has 24 heavy (non-hydrogen) atoms. The number of hydrogen-bond acceptors (Lipinski definition) is 6. The van der Waals surface area contributed by atoms with Gasteiger partial charge in [0.25, 0.3) is 11.6 Å². The van der Waals surface area contributed by atoms with Crippen LogP contribution in [0.2, 0.25) is 0 Å². The van der Waals surface area contributed by atoms with E-state index in [1.165, 1.54) is 24.9 Å². The fraction of sp³-hybridized carbons (Fsp3) is 0.562. The summed E-state index contributed by atoms with van der Waals surface area (Å²) >= 11 is 1.39. The molecular weight excluding hydrogens is 330 g/mol. The van der Waals surface area contributed by atoms with Gasteiger partial charge in [0.2, 0.25) is 0 Å². The van der Waals surface area contributed by atoms with E-state index in [2.05, 4.69) is 0 Å². The molecule has 0 aromatic heterocycles. The molecule has 1 amide bonds. The second-order valence-electron chi connectivity index (χ2n) is 5.99. The van der Waals surface area contributed by atoms with Crippen molar-refractivity contribution in [3.8, 4) is 5.75 Å². The summed E-state index contributed by atoms with van der Waals surface area (Å²) in [5, 5.41) is 11.4. The van der Waals surface area contributed by atoms with E-state index in [0.717, 1.165) is 12.8 Å². The zero-order chi connectivity index (χ0) is 17.9. The van der Waals surface area contributed by atoms with Gasteiger partial charge in [0, 0.05) is 19.1 Å². The van der Waals surface area contributed by atoms with Crippen LogP contribution in [-0.4, -0.2) is 48.2 Å². The van der Waals surface area contributed by atoms with E-state index in [-0.39, 0.29) is 29.1 Å². The minimum absolute atomic E-state index is 0.00629. The van der Waals surface area contributed by atoms with E-state index in [1.807, 2.05) is 13.2 Å². The van der Waals surface area contributed by atoms with Crippen molar-refractivity contribution in [1.82, 2.24) is 4.90 Å². The van der Waals surface area contributed by atoms with Gasteiger partial charge in [-0.1, -0.05) is 0 Å². The molecule has 132 valence electrons. The Balaban J connectivity index is 2.38. The first-order valence-electron chi connectivity index (χ1n) is 7.84. The molecule has 1 saturated heterocycles. The lowest BCUT2D eigenvalue weighted by atomic mass is 9.91. The lowest BCUT2D eigenvalue weighted by Crippen LogP contribution is -2.45. The van der Waals surface area contributed by atoms with Crippen molar-refractivity contribution >= 4 is 23.4 Å². The monoisotopic (exact) mass is 353 g/mol. The fourth-order valence-corrected chi connectivity index (χ4v) is 3.56. The average molecular weight is 353 g/mol. The summed E-state index contributed by atoms with van der Waals surface area (Å²) in [5.41, 5.74) is 5.85. The van der Waals surface area contributed by atoms with Crippen molar-refractivity contribution in [3.05, 3.63) is 27.8 Å². The van der Waals surface area contributed by atoms with E-state index >= 15 is 0 Å². The first-order chi connectivity index (χ1) is 11.4. The van der Waals surface area contributed by atoms with Gasteiger partial charge in [-0.05, 0) is 38.0 Å². The number of carbonyl (C=O) groups excluding carboxylic acids is 1. The number of benzene rings is 1. The molecule has 0 saturated carbocycles. The van der Waals surface area contributed by atoms with Gasteiger partial charge < -0.3 is 15.4 Å². The molecule has 1 aromatic rings. The Labute approximate surface area is 145 Å². The summed E-state index contributed by atoms with van der Waals surface area (Å²) in [6, 6.07) is 2.87. The molecule has 0 radical (unpaired) electrons. The summed E-state index contributed by atoms with van der Waals surface area (Å²) in [5.74, 6) is 0.308. The number of nitrogens with zero attached hydrogens (tertiary/aromatic N) is 2. The molecule has 2 rings (SSSR count). The maximum atomic E-state index is 12.9. The number of hydrogen-bond donors (Lipinski definition) is 1. The molecule has 8 heteroatoms. The molecule has 1 aromatic carbocycles. The van der Waals surface area contributed by atoms with Crippen LogP contribution in [0.4, 0.5) is 5.69 Å². The predicted octanol–water partition coefficient (Wildman–Crippen LogP) is 2.52. The lowest BCUT2D eigenvalue weighted by Gasteiger charge is -2.34. The number of nitro groups is 1. The summed E-state index contributed by atoms with van der Waals surface area (Å²) in [4.78, 5) is 26.1. The van der Waals surface area contributed by atoms with Gasteiger partial charge in [-0.25, -0.2) is 0 Å². The van der Waals surface area contributed by atoms with Crippen LogP contribution in [0.1, 0.15) is 30.1 Å². The second kappa shape index (κ2) is 7.85. The van der Waals surface area contributed by atoms with Crippen LogP contribution in [0.25, 0.3) is 0 Å². The summed E-state index contributed by atoms with van der Waals surface area (Å²) < 4.78 is 5.19. The molecule has 2 N–H and O–H groups in total. The highest BCUT2D eigenvalue weighted by Gasteiger charge is 2.31. The molecule has 0 spiro atoms. The number of piperidine rings is 1. The topological polar surface area (TPSA) is 98.7 Å². The average Bonchev–Trinajstić information content (AvgIpc) is 2.59. The minimum Gasteiger partial charge on any atom is -0.495 e. The third-order valence-corrected chi connectivity index (χ3v) is 5.18. The number of nitrogens with two attached hydrogens (primary N) is 1. The fourth-order valence-electron chi connectivity index (χ4n) is 2.98. The van der Waals surface area contributed by atoms with E-state index < -0.39 is 4.92 Å². The molecule has 0 aliphatic carbocycles. The van der Waals surface area contributed by atoms with E-state index in [0.29, 0.717) is 23.7 Å². The van der Waals surface area contributed by atoms with Gasteiger partial charge in [-0.2, -0.15) is 0 Å². The molecule has 1 aliphatic rings. The maximum Gasteiger partial charge on any atom is 0.285 e. The summed E-state index contributed by atoms with van der Waals surface area (Å²) in [7, 11) is 1.46. The van der Waals surface area contributed by atoms with Crippen LogP contribution < -0.4 is 10.5 Å². The molecule has 0 bridgehead atoms. The Morgan fingerprint density at radius 2 is 2.25 bits per heavy atom. The van der Waals surface area contributed by atoms with Crippen molar-refractivity contribution in [2.45, 2.75) is 30.7 Å². The number of methoxy groups -OCH3 is 1. The van der Waals surface area contributed by atoms with Gasteiger partial charge in [-0.3, -0.25) is 14.9 Å². The van der Waals surface area contributed by atoms with Crippen molar-refractivity contribution in [1.29, 1.82) is 0 Å². The van der Waals surface area contributed by atoms with Crippen LogP contribution in [0.5, 0.6) is 5.75 Å². The number of thioether (sulfide) groups is 1. The Morgan fingerprint density at radius 3 is 2.79 bits per heavy atom. The SMILES string of the molecule is COc1cc([N+](=O)[O-])c(C(=O)N2CCCC(C(C)N)C2)cc1SC. The van der Waals surface area contributed by atoms with Crippen LogP contribution >= 0.6 is 11.8 Å². The molecule has 1 heterocycles. The Hall–Kier alpha value is -1.80. The summed E-state index contributed by atoms with van der Waals surface area (Å²) in [6.07, 6.45) is 3.67.